The van der Waals surface area contributed by atoms with Crippen LogP contribution < -0.4 is 9.47 Å². The molecule has 18 heavy (non-hydrogen) atoms. The highest BCUT2D eigenvalue weighted by molar-refractivity contribution is 14.1. The van der Waals surface area contributed by atoms with Gasteiger partial charge in [-0.1, -0.05) is 6.07 Å². The predicted molar refractivity (Wildman–Crippen MR) is 81.1 cm³/mol. The Hall–Kier alpha value is -0.510. The molecule has 1 aromatic carbocycles. The standard InChI is InChI=1S/C12H8I2O4/c1-12(10(14)9(13)11(15)18-12)6-2-3-7-8(4-6)17-5-16-7/h2-4H,5H2,1H3. The Labute approximate surface area is 131 Å². The zero-order valence-corrected chi connectivity index (χ0v) is 13.6. The van der Waals surface area contributed by atoms with Crippen LogP contribution in [0.15, 0.2) is 25.4 Å². The molecule has 0 saturated heterocycles. The number of carbonyl (C=O) groups is 1. The van der Waals surface area contributed by atoms with Crippen molar-refractivity contribution in [1.29, 1.82) is 0 Å². The fourth-order valence-electron chi connectivity index (χ4n) is 1.95. The van der Waals surface area contributed by atoms with E-state index in [2.05, 4.69) is 22.6 Å². The highest BCUT2D eigenvalue weighted by Gasteiger charge is 2.44. The number of fused-ring (bicyclic) bond motifs is 1. The lowest BCUT2D eigenvalue weighted by Crippen LogP contribution is -2.23. The van der Waals surface area contributed by atoms with Crippen molar-refractivity contribution in [3.8, 4) is 11.5 Å². The maximum absolute atomic E-state index is 11.7. The van der Waals surface area contributed by atoms with E-state index in [4.69, 9.17) is 14.2 Å². The number of carbonyl (C=O) groups excluding carboxylic acids is 1. The number of esters is 1. The van der Waals surface area contributed by atoms with Crippen LogP contribution in [0.4, 0.5) is 0 Å². The van der Waals surface area contributed by atoms with Gasteiger partial charge in [0.05, 0.1) is 3.58 Å². The molecule has 0 aliphatic carbocycles. The molecule has 6 heteroatoms. The third-order valence-electron chi connectivity index (χ3n) is 3.01. The van der Waals surface area contributed by atoms with Gasteiger partial charge in [-0.05, 0) is 64.2 Å². The summed E-state index contributed by atoms with van der Waals surface area (Å²) in [7, 11) is 0. The summed E-state index contributed by atoms with van der Waals surface area (Å²) in [4.78, 5) is 11.7. The molecule has 2 aliphatic rings. The van der Waals surface area contributed by atoms with E-state index in [1.54, 1.807) is 0 Å². The monoisotopic (exact) mass is 470 g/mol. The third kappa shape index (κ3) is 1.72. The molecule has 2 heterocycles. The molecule has 0 bridgehead atoms. The van der Waals surface area contributed by atoms with Crippen molar-refractivity contribution < 1.29 is 19.0 Å². The van der Waals surface area contributed by atoms with E-state index >= 15 is 0 Å². The molecule has 0 amide bonds. The second-order valence-corrected chi connectivity index (χ2v) is 6.28. The fourth-order valence-corrected chi connectivity index (χ4v) is 3.22. The first-order chi connectivity index (χ1) is 8.52. The summed E-state index contributed by atoms with van der Waals surface area (Å²) in [5.41, 5.74) is 0.158. The molecular weight excluding hydrogens is 462 g/mol. The van der Waals surface area contributed by atoms with Crippen molar-refractivity contribution >= 4 is 51.2 Å². The zero-order chi connectivity index (χ0) is 12.9. The molecule has 0 aromatic heterocycles. The zero-order valence-electron chi connectivity index (χ0n) is 9.33. The first-order valence-corrected chi connectivity index (χ1v) is 7.37. The van der Waals surface area contributed by atoms with Crippen molar-refractivity contribution in [1.82, 2.24) is 0 Å². The van der Waals surface area contributed by atoms with Gasteiger partial charge in [-0.15, -0.1) is 0 Å². The van der Waals surface area contributed by atoms with Crippen LogP contribution in [0.2, 0.25) is 0 Å². The summed E-state index contributed by atoms with van der Waals surface area (Å²) >= 11 is 4.17. The topological polar surface area (TPSA) is 44.8 Å². The van der Waals surface area contributed by atoms with E-state index in [1.165, 1.54) is 0 Å². The molecule has 0 radical (unpaired) electrons. The average Bonchev–Trinajstić information content (AvgIpc) is 2.89. The van der Waals surface area contributed by atoms with Crippen molar-refractivity contribution in [2.75, 3.05) is 6.79 Å². The quantitative estimate of drug-likeness (QED) is 0.468. The highest BCUT2D eigenvalue weighted by atomic mass is 127. The Bertz CT molecular complexity index is 581. The summed E-state index contributed by atoms with van der Waals surface area (Å²) in [5, 5.41) is 0. The Balaban J connectivity index is 2.08. The molecule has 2 aliphatic heterocycles. The van der Waals surface area contributed by atoms with Crippen LogP contribution in [0.3, 0.4) is 0 Å². The minimum atomic E-state index is -0.727. The fraction of sp³-hybridized carbons (Fsp3) is 0.250. The lowest BCUT2D eigenvalue weighted by molar-refractivity contribution is -0.145. The second-order valence-electron chi connectivity index (χ2n) is 4.12. The molecule has 1 aromatic rings. The molecule has 0 N–H and O–H groups in total. The number of ether oxygens (including phenoxy) is 3. The number of halogens is 2. The number of cyclic esters (lactones) is 1. The molecule has 4 nitrogen and oxygen atoms in total. The van der Waals surface area contributed by atoms with E-state index in [0.717, 1.165) is 14.9 Å². The van der Waals surface area contributed by atoms with Crippen molar-refractivity contribution in [2.45, 2.75) is 12.5 Å². The van der Waals surface area contributed by atoms with Gasteiger partial charge in [0.15, 0.2) is 17.1 Å². The van der Waals surface area contributed by atoms with Gasteiger partial charge < -0.3 is 14.2 Å². The Morgan fingerprint density at radius 1 is 1.22 bits per heavy atom. The van der Waals surface area contributed by atoms with E-state index < -0.39 is 5.60 Å². The molecule has 0 fully saturated rings. The maximum atomic E-state index is 11.7. The van der Waals surface area contributed by atoms with Crippen molar-refractivity contribution in [2.24, 2.45) is 0 Å². The SMILES string of the molecule is CC1(c2ccc3c(c2)OCO3)OC(=O)C(I)=C1I. The largest absolute Gasteiger partial charge is 0.454 e. The van der Waals surface area contributed by atoms with E-state index in [9.17, 15) is 4.79 Å². The number of hydrogen-bond donors (Lipinski definition) is 0. The van der Waals surface area contributed by atoms with Crippen LogP contribution >= 0.6 is 45.2 Å². The minimum absolute atomic E-state index is 0.236. The molecule has 0 spiro atoms. The highest BCUT2D eigenvalue weighted by Crippen LogP contribution is 2.48. The van der Waals surface area contributed by atoms with Gasteiger partial charge in [-0.2, -0.15) is 0 Å². The first kappa shape index (κ1) is 12.5. The molecule has 1 unspecified atom stereocenters. The lowest BCUT2D eigenvalue weighted by atomic mass is 9.96. The summed E-state index contributed by atoms with van der Waals surface area (Å²) in [6.07, 6.45) is 0. The van der Waals surface area contributed by atoms with Gasteiger partial charge in [-0.25, -0.2) is 4.79 Å². The first-order valence-electron chi connectivity index (χ1n) is 5.21. The van der Waals surface area contributed by atoms with E-state index in [1.807, 2.05) is 47.7 Å². The van der Waals surface area contributed by atoms with Gasteiger partial charge in [0.1, 0.15) is 3.58 Å². The minimum Gasteiger partial charge on any atom is -0.454 e. The van der Waals surface area contributed by atoms with Crippen LogP contribution in [0.25, 0.3) is 0 Å². The summed E-state index contributed by atoms with van der Waals surface area (Å²) in [6.45, 7) is 2.12. The number of hydrogen-bond acceptors (Lipinski definition) is 4. The average molecular weight is 470 g/mol. The Morgan fingerprint density at radius 2 is 1.94 bits per heavy atom. The van der Waals surface area contributed by atoms with Crippen LogP contribution in [-0.2, 0) is 15.1 Å². The van der Waals surface area contributed by atoms with Crippen LogP contribution in [-0.4, -0.2) is 12.8 Å². The lowest BCUT2D eigenvalue weighted by Gasteiger charge is -2.24. The van der Waals surface area contributed by atoms with Gasteiger partial charge in [0, 0.05) is 5.56 Å². The van der Waals surface area contributed by atoms with Gasteiger partial charge in [-0.3, -0.25) is 0 Å². The van der Waals surface area contributed by atoms with E-state index in [-0.39, 0.29) is 12.8 Å². The normalized spacial score (nSPS) is 25.6. The summed E-state index contributed by atoms with van der Waals surface area (Å²) in [5.74, 6) is 1.14. The molecular formula is C12H8I2O4. The van der Waals surface area contributed by atoms with Gasteiger partial charge in [0.25, 0.3) is 0 Å². The molecule has 3 rings (SSSR count). The molecule has 0 saturated carbocycles. The van der Waals surface area contributed by atoms with Crippen LogP contribution in [0, 0.1) is 0 Å². The number of rotatable bonds is 1. The van der Waals surface area contributed by atoms with Crippen molar-refractivity contribution in [3.63, 3.8) is 0 Å². The Morgan fingerprint density at radius 3 is 2.61 bits per heavy atom. The summed E-state index contributed by atoms with van der Waals surface area (Å²) in [6, 6.07) is 5.60. The predicted octanol–water partition coefficient (Wildman–Crippen LogP) is 3.27. The smallest absolute Gasteiger partial charge is 0.346 e. The van der Waals surface area contributed by atoms with E-state index in [0.29, 0.717) is 9.33 Å². The van der Waals surface area contributed by atoms with Crippen LogP contribution in [0.1, 0.15) is 12.5 Å². The Kier molecular flexibility index (Phi) is 2.96. The maximum Gasteiger partial charge on any atom is 0.346 e. The van der Waals surface area contributed by atoms with Crippen LogP contribution in [0.5, 0.6) is 11.5 Å². The third-order valence-corrected chi connectivity index (χ3v) is 6.59. The second kappa shape index (κ2) is 4.26. The van der Waals surface area contributed by atoms with Gasteiger partial charge in [0.2, 0.25) is 6.79 Å². The number of benzene rings is 1. The van der Waals surface area contributed by atoms with Gasteiger partial charge >= 0.3 is 5.97 Å². The molecule has 94 valence electrons. The summed E-state index contributed by atoms with van der Waals surface area (Å²) < 4.78 is 17.6. The molecule has 1 atom stereocenters. The van der Waals surface area contributed by atoms with Crippen molar-refractivity contribution in [3.05, 3.63) is 30.9 Å².